The van der Waals surface area contributed by atoms with Crippen molar-refractivity contribution in [1.29, 1.82) is 0 Å². The molecule has 1 saturated heterocycles. The number of aromatic nitrogens is 1. The summed E-state index contributed by atoms with van der Waals surface area (Å²) in [4.78, 5) is 7.16. The molecule has 0 unspecified atom stereocenters. The first-order valence-electron chi connectivity index (χ1n) is 7.84. The molecule has 0 bridgehead atoms. The Balaban J connectivity index is 1.75. The number of likely N-dealkylation sites (tertiary alicyclic amines) is 1. The fourth-order valence-corrected chi connectivity index (χ4v) is 4.39. The lowest BCUT2D eigenvalue weighted by Gasteiger charge is -2.48. The molecule has 19 heavy (non-hydrogen) atoms. The van der Waals surface area contributed by atoms with Gasteiger partial charge in [0.2, 0.25) is 0 Å². The predicted molar refractivity (Wildman–Crippen MR) is 79.0 cm³/mol. The third kappa shape index (κ3) is 2.84. The van der Waals surface area contributed by atoms with E-state index in [2.05, 4.69) is 36.0 Å². The average molecular weight is 258 g/mol. The van der Waals surface area contributed by atoms with Gasteiger partial charge >= 0.3 is 0 Å². The first-order valence-corrected chi connectivity index (χ1v) is 7.84. The van der Waals surface area contributed by atoms with Crippen molar-refractivity contribution in [3.63, 3.8) is 0 Å². The van der Waals surface area contributed by atoms with E-state index in [1.165, 1.54) is 44.3 Å². The van der Waals surface area contributed by atoms with Crippen LogP contribution in [0.4, 0.5) is 0 Å². The van der Waals surface area contributed by atoms with Crippen molar-refractivity contribution < 1.29 is 0 Å². The maximum atomic E-state index is 4.54. The fourth-order valence-electron chi connectivity index (χ4n) is 4.39. The van der Waals surface area contributed by atoms with Gasteiger partial charge in [0, 0.05) is 17.9 Å². The molecule has 0 N–H and O–H groups in total. The van der Waals surface area contributed by atoms with Crippen molar-refractivity contribution in [2.45, 2.75) is 45.1 Å². The maximum absolute atomic E-state index is 4.54. The molecule has 104 valence electrons. The topological polar surface area (TPSA) is 16.1 Å². The lowest BCUT2D eigenvalue weighted by Crippen LogP contribution is -2.49. The summed E-state index contributed by atoms with van der Waals surface area (Å²) in [6, 6.07) is 7.16. The van der Waals surface area contributed by atoms with Crippen molar-refractivity contribution >= 4 is 0 Å². The molecule has 4 atom stereocenters. The molecule has 0 aromatic carbocycles. The lowest BCUT2D eigenvalue weighted by atomic mass is 9.66. The molecular weight excluding hydrogens is 232 g/mol. The molecule has 0 radical (unpaired) electrons. The van der Waals surface area contributed by atoms with Gasteiger partial charge in [-0.1, -0.05) is 13.0 Å². The minimum Gasteiger partial charge on any atom is -0.303 e. The van der Waals surface area contributed by atoms with Crippen LogP contribution in [0, 0.1) is 17.8 Å². The summed E-state index contributed by atoms with van der Waals surface area (Å²) in [7, 11) is 2.33. The summed E-state index contributed by atoms with van der Waals surface area (Å²) in [5.41, 5.74) is 1.29. The smallest absolute Gasteiger partial charge is 0.0406 e. The van der Waals surface area contributed by atoms with Crippen molar-refractivity contribution in [2.24, 2.45) is 17.8 Å². The van der Waals surface area contributed by atoms with E-state index in [0.29, 0.717) is 0 Å². The molecule has 2 heterocycles. The van der Waals surface area contributed by atoms with Gasteiger partial charge in [0.15, 0.2) is 0 Å². The second-order valence-corrected chi connectivity index (χ2v) is 6.72. The van der Waals surface area contributed by atoms with Crippen molar-refractivity contribution in [1.82, 2.24) is 9.88 Å². The second kappa shape index (κ2) is 5.62. The molecule has 1 aromatic heterocycles. The number of piperidine rings is 1. The van der Waals surface area contributed by atoms with Crippen LogP contribution in [-0.4, -0.2) is 29.5 Å². The molecule has 1 aliphatic carbocycles. The second-order valence-electron chi connectivity index (χ2n) is 6.72. The SMILES string of the molecule is C[C@@H]1C[C@H](Cc2ccccn2)[C@@H]2CCCN(C)[C@@H]2C1. The van der Waals surface area contributed by atoms with Crippen LogP contribution in [0.15, 0.2) is 24.4 Å². The van der Waals surface area contributed by atoms with Gasteiger partial charge in [-0.3, -0.25) is 4.98 Å². The van der Waals surface area contributed by atoms with Crippen LogP contribution < -0.4 is 0 Å². The molecule has 2 heteroatoms. The number of hydrogen-bond acceptors (Lipinski definition) is 2. The maximum Gasteiger partial charge on any atom is 0.0406 e. The van der Waals surface area contributed by atoms with E-state index in [4.69, 9.17) is 0 Å². The minimum absolute atomic E-state index is 0.825. The lowest BCUT2D eigenvalue weighted by molar-refractivity contribution is 0.0221. The van der Waals surface area contributed by atoms with E-state index in [1.807, 2.05) is 12.3 Å². The summed E-state index contributed by atoms with van der Waals surface area (Å²) in [5, 5.41) is 0. The van der Waals surface area contributed by atoms with Crippen molar-refractivity contribution in [2.75, 3.05) is 13.6 Å². The highest BCUT2D eigenvalue weighted by Crippen LogP contribution is 2.42. The van der Waals surface area contributed by atoms with Crippen LogP contribution in [0.5, 0.6) is 0 Å². The molecule has 2 fully saturated rings. The van der Waals surface area contributed by atoms with E-state index in [1.54, 1.807) is 0 Å². The Bertz CT molecular complexity index is 403. The highest BCUT2D eigenvalue weighted by atomic mass is 15.1. The Kier molecular flexibility index (Phi) is 3.88. The van der Waals surface area contributed by atoms with Gasteiger partial charge in [-0.25, -0.2) is 0 Å². The van der Waals surface area contributed by atoms with E-state index in [0.717, 1.165) is 23.8 Å². The number of fused-ring (bicyclic) bond motifs is 1. The van der Waals surface area contributed by atoms with Crippen LogP contribution in [-0.2, 0) is 6.42 Å². The van der Waals surface area contributed by atoms with E-state index in [-0.39, 0.29) is 0 Å². The first kappa shape index (κ1) is 13.1. The van der Waals surface area contributed by atoms with E-state index in [9.17, 15) is 0 Å². The zero-order valence-corrected chi connectivity index (χ0v) is 12.3. The van der Waals surface area contributed by atoms with Gasteiger partial charge in [0.05, 0.1) is 0 Å². The summed E-state index contributed by atoms with van der Waals surface area (Å²) in [6.45, 7) is 3.73. The Morgan fingerprint density at radius 1 is 1.32 bits per heavy atom. The highest BCUT2D eigenvalue weighted by Gasteiger charge is 2.39. The van der Waals surface area contributed by atoms with Crippen LogP contribution in [0.2, 0.25) is 0 Å². The van der Waals surface area contributed by atoms with Gasteiger partial charge in [-0.2, -0.15) is 0 Å². The Morgan fingerprint density at radius 2 is 2.21 bits per heavy atom. The predicted octanol–water partition coefficient (Wildman–Crippen LogP) is 3.38. The largest absolute Gasteiger partial charge is 0.303 e. The van der Waals surface area contributed by atoms with Crippen molar-refractivity contribution in [3.8, 4) is 0 Å². The molecule has 0 spiro atoms. The van der Waals surface area contributed by atoms with E-state index >= 15 is 0 Å². The summed E-state index contributed by atoms with van der Waals surface area (Å²) in [5.74, 6) is 2.61. The third-order valence-corrected chi connectivity index (χ3v) is 5.26. The Morgan fingerprint density at radius 3 is 3.00 bits per heavy atom. The van der Waals surface area contributed by atoms with Gasteiger partial charge in [-0.15, -0.1) is 0 Å². The fraction of sp³-hybridized carbons (Fsp3) is 0.706. The Labute approximate surface area is 117 Å². The average Bonchev–Trinajstić information content (AvgIpc) is 2.41. The zero-order chi connectivity index (χ0) is 13.2. The van der Waals surface area contributed by atoms with Crippen LogP contribution >= 0.6 is 0 Å². The summed E-state index contributed by atoms with van der Waals surface area (Å²) in [6.07, 6.45) is 8.72. The highest BCUT2D eigenvalue weighted by molar-refractivity contribution is 5.06. The van der Waals surface area contributed by atoms with Gasteiger partial charge < -0.3 is 4.90 Å². The normalized spacial score (nSPS) is 35.9. The monoisotopic (exact) mass is 258 g/mol. The molecule has 1 aliphatic heterocycles. The first-order chi connectivity index (χ1) is 9.24. The molecule has 3 rings (SSSR count). The third-order valence-electron chi connectivity index (χ3n) is 5.26. The van der Waals surface area contributed by atoms with Crippen LogP contribution in [0.25, 0.3) is 0 Å². The number of pyridine rings is 1. The number of hydrogen-bond donors (Lipinski definition) is 0. The molecule has 0 amide bonds. The van der Waals surface area contributed by atoms with Gasteiger partial charge in [0.1, 0.15) is 0 Å². The van der Waals surface area contributed by atoms with Gasteiger partial charge in [-0.05, 0) is 75.6 Å². The quantitative estimate of drug-likeness (QED) is 0.808. The van der Waals surface area contributed by atoms with Crippen molar-refractivity contribution in [3.05, 3.63) is 30.1 Å². The molecule has 2 aliphatic rings. The van der Waals surface area contributed by atoms with Crippen LogP contribution in [0.3, 0.4) is 0 Å². The molecule has 1 aromatic rings. The summed E-state index contributed by atoms with van der Waals surface area (Å²) >= 11 is 0. The Hall–Kier alpha value is -0.890. The molecule has 1 saturated carbocycles. The minimum atomic E-state index is 0.825. The number of rotatable bonds is 2. The number of nitrogens with zero attached hydrogens (tertiary/aromatic N) is 2. The van der Waals surface area contributed by atoms with Gasteiger partial charge in [0.25, 0.3) is 0 Å². The van der Waals surface area contributed by atoms with E-state index < -0.39 is 0 Å². The zero-order valence-electron chi connectivity index (χ0n) is 12.3. The van der Waals surface area contributed by atoms with Crippen LogP contribution in [0.1, 0.15) is 38.3 Å². The standard InChI is InChI=1S/C17H26N2/c1-13-10-14(12-15-6-3-4-8-18-15)16-7-5-9-19(2)17(16)11-13/h3-4,6,8,13-14,16-17H,5,7,9-12H2,1-2H3/t13-,14-,16+,17-/m1/s1. The summed E-state index contributed by atoms with van der Waals surface area (Å²) < 4.78 is 0. The molecule has 2 nitrogen and oxygen atoms in total. The molecular formula is C17H26N2.